The van der Waals surface area contributed by atoms with E-state index < -0.39 is 0 Å². The minimum Gasteiger partial charge on any atom is -0.381 e. The molecule has 1 saturated heterocycles. The molecule has 1 unspecified atom stereocenters. The Kier molecular flexibility index (Phi) is 8.02. The molecular formula is C23H33N5O. The van der Waals surface area contributed by atoms with Crippen molar-refractivity contribution in [1.29, 1.82) is 0 Å². The number of hydrogen-bond acceptors (Lipinski definition) is 4. The molecule has 1 fully saturated rings. The second-order valence-corrected chi connectivity index (χ2v) is 7.54. The molecule has 0 saturated carbocycles. The van der Waals surface area contributed by atoms with Crippen molar-refractivity contribution in [3.05, 3.63) is 66.0 Å². The molecule has 2 aromatic rings. The van der Waals surface area contributed by atoms with E-state index in [1.807, 2.05) is 18.2 Å². The number of benzene rings is 1. The molecule has 1 aromatic carbocycles. The predicted octanol–water partition coefficient (Wildman–Crippen LogP) is 3.04. The van der Waals surface area contributed by atoms with Crippen molar-refractivity contribution >= 4 is 5.96 Å². The summed E-state index contributed by atoms with van der Waals surface area (Å²) in [5, 5.41) is 10.8. The molecule has 1 aromatic heterocycles. The Bertz CT molecular complexity index is 744. The monoisotopic (exact) mass is 395 g/mol. The van der Waals surface area contributed by atoms with Crippen LogP contribution in [0.25, 0.3) is 0 Å². The fraction of sp³-hybridized carbons (Fsp3) is 0.478. The SMILES string of the molecule is CCNC(=NCc1ccccn1)NCC1(NC(C)c2ccccc2)CCOCC1. The molecule has 3 rings (SSSR count). The van der Waals surface area contributed by atoms with E-state index in [9.17, 15) is 0 Å². The third kappa shape index (κ3) is 6.54. The Labute approximate surface area is 174 Å². The topological polar surface area (TPSA) is 70.6 Å². The van der Waals surface area contributed by atoms with E-state index in [1.165, 1.54) is 5.56 Å². The lowest BCUT2D eigenvalue weighted by atomic mass is 9.88. The van der Waals surface area contributed by atoms with Gasteiger partial charge in [0.25, 0.3) is 0 Å². The largest absolute Gasteiger partial charge is 0.381 e. The van der Waals surface area contributed by atoms with Gasteiger partial charge in [-0.3, -0.25) is 4.98 Å². The van der Waals surface area contributed by atoms with Gasteiger partial charge in [-0.1, -0.05) is 36.4 Å². The lowest BCUT2D eigenvalue weighted by molar-refractivity contribution is 0.0355. The van der Waals surface area contributed by atoms with Crippen LogP contribution in [0.1, 0.15) is 44.0 Å². The van der Waals surface area contributed by atoms with E-state index in [0.717, 1.165) is 50.8 Å². The Morgan fingerprint density at radius 3 is 2.55 bits per heavy atom. The third-order valence-corrected chi connectivity index (χ3v) is 5.34. The first-order valence-corrected chi connectivity index (χ1v) is 10.5. The molecule has 29 heavy (non-hydrogen) atoms. The predicted molar refractivity (Wildman–Crippen MR) is 118 cm³/mol. The first kappa shape index (κ1) is 21.3. The molecule has 2 heterocycles. The van der Waals surface area contributed by atoms with E-state index in [1.54, 1.807) is 6.20 Å². The smallest absolute Gasteiger partial charge is 0.191 e. The standard InChI is InChI=1S/C23H33N5O/c1-3-24-22(26-17-21-11-7-8-14-25-21)27-18-23(12-15-29-16-13-23)28-19(2)20-9-5-4-6-10-20/h4-11,14,19,28H,3,12-13,15-18H2,1-2H3,(H2,24,26,27). The van der Waals surface area contributed by atoms with Crippen LogP contribution in [0.3, 0.4) is 0 Å². The Morgan fingerprint density at radius 2 is 1.86 bits per heavy atom. The van der Waals surface area contributed by atoms with E-state index in [4.69, 9.17) is 9.73 Å². The molecule has 0 spiro atoms. The Morgan fingerprint density at radius 1 is 1.10 bits per heavy atom. The summed E-state index contributed by atoms with van der Waals surface area (Å²) < 4.78 is 5.65. The van der Waals surface area contributed by atoms with Gasteiger partial charge in [-0.15, -0.1) is 0 Å². The van der Waals surface area contributed by atoms with Crippen LogP contribution in [0.5, 0.6) is 0 Å². The van der Waals surface area contributed by atoms with Crippen LogP contribution in [0, 0.1) is 0 Å². The fourth-order valence-electron chi connectivity index (χ4n) is 3.66. The fourth-order valence-corrected chi connectivity index (χ4v) is 3.66. The van der Waals surface area contributed by atoms with Crippen molar-refractivity contribution in [1.82, 2.24) is 20.9 Å². The quantitative estimate of drug-likeness (QED) is 0.473. The molecule has 1 aliphatic heterocycles. The van der Waals surface area contributed by atoms with Crippen LogP contribution in [-0.2, 0) is 11.3 Å². The molecule has 3 N–H and O–H groups in total. The second kappa shape index (κ2) is 10.9. The number of hydrogen-bond donors (Lipinski definition) is 3. The van der Waals surface area contributed by atoms with Crippen molar-refractivity contribution in [3.63, 3.8) is 0 Å². The highest BCUT2D eigenvalue weighted by atomic mass is 16.5. The zero-order valence-corrected chi connectivity index (χ0v) is 17.5. The van der Waals surface area contributed by atoms with Gasteiger partial charge in [0.2, 0.25) is 0 Å². The molecule has 156 valence electrons. The minimum atomic E-state index is -0.0330. The molecule has 0 bridgehead atoms. The van der Waals surface area contributed by atoms with Crippen LogP contribution in [-0.4, -0.2) is 42.8 Å². The van der Waals surface area contributed by atoms with E-state index >= 15 is 0 Å². The summed E-state index contributed by atoms with van der Waals surface area (Å²) in [4.78, 5) is 9.07. The first-order chi connectivity index (χ1) is 14.2. The van der Waals surface area contributed by atoms with Crippen molar-refractivity contribution < 1.29 is 4.74 Å². The number of nitrogens with zero attached hydrogens (tertiary/aromatic N) is 2. The van der Waals surface area contributed by atoms with Gasteiger partial charge in [-0.05, 0) is 44.4 Å². The van der Waals surface area contributed by atoms with Gasteiger partial charge in [-0.25, -0.2) is 4.99 Å². The summed E-state index contributed by atoms with van der Waals surface area (Å²) in [5.41, 5.74) is 2.23. The van der Waals surface area contributed by atoms with Crippen LogP contribution >= 0.6 is 0 Å². The van der Waals surface area contributed by atoms with Crippen molar-refractivity contribution in [3.8, 4) is 0 Å². The number of aromatic nitrogens is 1. The summed E-state index contributed by atoms with van der Waals surface area (Å²) in [7, 11) is 0. The average molecular weight is 396 g/mol. The third-order valence-electron chi connectivity index (χ3n) is 5.34. The molecule has 1 aliphatic rings. The van der Waals surface area contributed by atoms with Crippen LogP contribution < -0.4 is 16.0 Å². The summed E-state index contributed by atoms with van der Waals surface area (Å²) in [5.74, 6) is 0.818. The lowest BCUT2D eigenvalue weighted by Crippen LogP contribution is -2.58. The van der Waals surface area contributed by atoms with Crippen LogP contribution in [0.15, 0.2) is 59.7 Å². The van der Waals surface area contributed by atoms with Crippen LogP contribution in [0.4, 0.5) is 0 Å². The first-order valence-electron chi connectivity index (χ1n) is 10.5. The molecular weight excluding hydrogens is 362 g/mol. The summed E-state index contributed by atoms with van der Waals surface area (Å²) in [6, 6.07) is 16.8. The summed E-state index contributed by atoms with van der Waals surface area (Å²) in [6.45, 7) is 8.03. The van der Waals surface area contributed by atoms with Crippen molar-refractivity contribution in [2.24, 2.45) is 4.99 Å². The zero-order valence-electron chi connectivity index (χ0n) is 17.5. The second-order valence-electron chi connectivity index (χ2n) is 7.54. The van der Waals surface area contributed by atoms with Gasteiger partial charge < -0.3 is 20.7 Å². The number of pyridine rings is 1. The Hall–Kier alpha value is -2.44. The number of aliphatic imine (C=N–C) groups is 1. The molecule has 0 amide bonds. The van der Waals surface area contributed by atoms with Gasteiger partial charge >= 0.3 is 0 Å². The van der Waals surface area contributed by atoms with Gasteiger partial charge in [0, 0.05) is 44.1 Å². The number of rotatable bonds is 8. The molecule has 6 nitrogen and oxygen atoms in total. The highest BCUT2D eigenvalue weighted by molar-refractivity contribution is 5.79. The number of guanidine groups is 1. The van der Waals surface area contributed by atoms with Gasteiger partial charge in [-0.2, -0.15) is 0 Å². The maximum absolute atomic E-state index is 5.65. The van der Waals surface area contributed by atoms with E-state index in [0.29, 0.717) is 6.54 Å². The molecule has 0 aliphatic carbocycles. The van der Waals surface area contributed by atoms with Gasteiger partial charge in [0.05, 0.1) is 12.2 Å². The molecule has 0 radical (unpaired) electrons. The van der Waals surface area contributed by atoms with E-state index in [-0.39, 0.29) is 11.6 Å². The highest BCUT2D eigenvalue weighted by Crippen LogP contribution is 2.25. The lowest BCUT2D eigenvalue weighted by Gasteiger charge is -2.41. The maximum Gasteiger partial charge on any atom is 0.191 e. The van der Waals surface area contributed by atoms with Crippen molar-refractivity contribution in [2.45, 2.75) is 44.8 Å². The normalized spacial score (nSPS) is 17.5. The summed E-state index contributed by atoms with van der Waals surface area (Å²) >= 11 is 0. The Balaban J connectivity index is 1.66. The molecule has 6 heteroatoms. The molecule has 1 atom stereocenters. The van der Waals surface area contributed by atoms with Crippen molar-refractivity contribution in [2.75, 3.05) is 26.3 Å². The number of nitrogens with one attached hydrogen (secondary N) is 3. The maximum atomic E-state index is 5.65. The summed E-state index contributed by atoms with van der Waals surface area (Å²) in [6.07, 6.45) is 3.74. The number of ether oxygens (including phenoxy) is 1. The van der Waals surface area contributed by atoms with Crippen LogP contribution in [0.2, 0.25) is 0 Å². The van der Waals surface area contributed by atoms with Gasteiger partial charge in [0.15, 0.2) is 5.96 Å². The van der Waals surface area contributed by atoms with Gasteiger partial charge in [0.1, 0.15) is 0 Å². The highest BCUT2D eigenvalue weighted by Gasteiger charge is 2.34. The zero-order chi connectivity index (χ0) is 20.4. The van der Waals surface area contributed by atoms with E-state index in [2.05, 4.69) is 65.1 Å². The average Bonchev–Trinajstić information content (AvgIpc) is 2.78. The minimum absolute atomic E-state index is 0.0330.